The van der Waals surface area contributed by atoms with E-state index in [0.717, 1.165) is 44.8 Å². The highest BCUT2D eigenvalue weighted by molar-refractivity contribution is 7.20. The fraction of sp³-hybridized carbons (Fsp3) is 0.379. The lowest BCUT2D eigenvalue weighted by atomic mass is 9.82. The molecule has 1 amide bonds. The number of halogens is 1. The number of pyridine rings is 1. The summed E-state index contributed by atoms with van der Waals surface area (Å²) in [6.45, 7) is 5.81. The fourth-order valence-electron chi connectivity index (χ4n) is 5.18. The van der Waals surface area contributed by atoms with Crippen molar-refractivity contribution in [2.75, 3.05) is 4.90 Å². The molecule has 0 spiro atoms. The van der Waals surface area contributed by atoms with Gasteiger partial charge in [0, 0.05) is 32.7 Å². The number of carbonyl (C=O) groups is 1. The van der Waals surface area contributed by atoms with Crippen molar-refractivity contribution in [3.63, 3.8) is 0 Å². The van der Waals surface area contributed by atoms with E-state index >= 15 is 0 Å². The quantitative estimate of drug-likeness (QED) is 0.128. The number of hydrogen-bond donors (Lipinski definition) is 0. The predicted molar refractivity (Wildman–Crippen MR) is 159 cm³/mol. The first-order valence-electron chi connectivity index (χ1n) is 13.0. The molecule has 4 aromatic rings. The maximum atomic E-state index is 13.6. The molecule has 1 saturated carbocycles. The third-order valence-corrected chi connectivity index (χ3v) is 9.20. The minimum atomic E-state index is -0.697. The van der Waals surface area contributed by atoms with Gasteiger partial charge in [-0.05, 0) is 50.6 Å². The summed E-state index contributed by atoms with van der Waals surface area (Å²) in [6, 6.07) is 14.8. The number of thiophene rings is 2. The highest BCUT2D eigenvalue weighted by Gasteiger charge is 2.39. The van der Waals surface area contributed by atoms with Crippen molar-refractivity contribution in [2.45, 2.75) is 70.6 Å². The van der Waals surface area contributed by atoms with Crippen LogP contribution in [-0.2, 0) is 11.3 Å². The zero-order valence-electron chi connectivity index (χ0n) is 22.1. The van der Waals surface area contributed by atoms with Crippen LogP contribution in [0.15, 0.2) is 53.9 Å². The van der Waals surface area contributed by atoms with E-state index in [4.69, 9.17) is 21.3 Å². The first kappa shape index (κ1) is 27.6. The molecule has 1 aromatic carbocycles. The smallest absolute Gasteiger partial charge is 0.415 e. The van der Waals surface area contributed by atoms with Gasteiger partial charge >= 0.3 is 6.09 Å². The first-order chi connectivity index (χ1) is 18.6. The fourth-order valence-corrected chi connectivity index (χ4v) is 7.54. The second-order valence-corrected chi connectivity index (χ2v) is 13.2. The Balaban J connectivity index is 1.75. The minimum Gasteiger partial charge on any atom is -0.443 e. The van der Waals surface area contributed by atoms with Gasteiger partial charge in [0.15, 0.2) is 0 Å². The second-order valence-electron chi connectivity index (χ2n) is 10.7. The molecule has 2 atom stereocenters. The average Bonchev–Trinajstić information content (AvgIpc) is 3.54. The van der Waals surface area contributed by atoms with E-state index in [1.807, 2.05) is 68.6 Å². The zero-order chi connectivity index (χ0) is 27.7. The van der Waals surface area contributed by atoms with Gasteiger partial charge in [-0.25, -0.2) is 9.78 Å². The number of ether oxygens (including phenoxy) is 1. The van der Waals surface area contributed by atoms with Gasteiger partial charge in [-0.1, -0.05) is 54.4 Å². The Hall–Kier alpha value is -3.01. The summed E-state index contributed by atoms with van der Waals surface area (Å²) in [5.74, 6) is -0.248. The van der Waals surface area contributed by atoms with Gasteiger partial charge in [-0.15, -0.1) is 22.7 Å². The van der Waals surface area contributed by atoms with Crippen molar-refractivity contribution < 1.29 is 14.5 Å². The van der Waals surface area contributed by atoms with Crippen LogP contribution in [0.1, 0.15) is 62.1 Å². The molecule has 1 aliphatic carbocycles. The van der Waals surface area contributed by atoms with E-state index in [1.165, 1.54) is 11.3 Å². The summed E-state index contributed by atoms with van der Waals surface area (Å²) in [6.07, 6.45) is 2.56. The van der Waals surface area contributed by atoms with Gasteiger partial charge < -0.3 is 4.74 Å². The highest BCUT2D eigenvalue weighted by atomic mass is 35.5. The van der Waals surface area contributed by atoms with Crippen LogP contribution in [-0.4, -0.2) is 27.6 Å². The van der Waals surface area contributed by atoms with Crippen LogP contribution in [0, 0.1) is 10.1 Å². The number of anilines is 1. The van der Waals surface area contributed by atoms with E-state index in [1.54, 1.807) is 22.3 Å². The molecule has 3 heterocycles. The molecule has 3 aromatic heterocycles. The molecule has 0 N–H and O–H groups in total. The summed E-state index contributed by atoms with van der Waals surface area (Å²) in [7, 11) is 0. The SMILES string of the molecule is CC(C)(C)OC(=O)N(Cc1cccs1)c1cc(Cl)nc2c(-c3ccccc3)c([C@H]3CCCC[C@H]3[N+](=O)[O-])sc12. The van der Waals surface area contributed by atoms with Crippen LogP contribution in [0.4, 0.5) is 10.5 Å². The molecule has 0 saturated heterocycles. The number of carbonyl (C=O) groups excluding carboxylic acids is 1. The van der Waals surface area contributed by atoms with Crippen molar-refractivity contribution in [3.8, 4) is 11.1 Å². The van der Waals surface area contributed by atoms with Crippen molar-refractivity contribution in [2.24, 2.45) is 0 Å². The molecule has 7 nitrogen and oxygen atoms in total. The van der Waals surface area contributed by atoms with Crippen molar-refractivity contribution in [1.82, 2.24) is 4.98 Å². The van der Waals surface area contributed by atoms with E-state index in [9.17, 15) is 14.9 Å². The molecule has 0 aliphatic heterocycles. The monoisotopic (exact) mass is 583 g/mol. The van der Waals surface area contributed by atoms with Crippen LogP contribution in [0.3, 0.4) is 0 Å². The van der Waals surface area contributed by atoms with Crippen LogP contribution >= 0.6 is 34.3 Å². The van der Waals surface area contributed by atoms with Crippen molar-refractivity contribution in [1.29, 1.82) is 0 Å². The number of amides is 1. The molecule has 39 heavy (non-hydrogen) atoms. The van der Waals surface area contributed by atoms with E-state index < -0.39 is 17.7 Å². The lowest BCUT2D eigenvalue weighted by Crippen LogP contribution is -2.36. The zero-order valence-corrected chi connectivity index (χ0v) is 24.4. The maximum Gasteiger partial charge on any atom is 0.415 e. The third-order valence-electron chi connectivity index (χ3n) is 6.82. The lowest BCUT2D eigenvalue weighted by Gasteiger charge is -2.27. The molecular formula is C29H30ClN3O4S2. The summed E-state index contributed by atoms with van der Waals surface area (Å²) in [5.41, 5.74) is 2.33. The number of benzene rings is 1. The van der Waals surface area contributed by atoms with Gasteiger partial charge in [-0.3, -0.25) is 15.0 Å². The largest absolute Gasteiger partial charge is 0.443 e. The number of rotatable bonds is 6. The molecule has 0 radical (unpaired) electrons. The van der Waals surface area contributed by atoms with E-state index in [0.29, 0.717) is 24.2 Å². The third kappa shape index (κ3) is 5.95. The standard InChI is InChI=1S/C29H30ClN3O4S2/c1-29(2,3)37-28(34)32(17-19-12-9-15-38-19)22-16-23(30)31-25-24(18-10-5-4-6-11-18)26(39-27(22)25)20-13-7-8-14-21(20)33(35)36/h4-6,9-12,15-16,20-21H,7-8,13-14,17H2,1-3H3/t20-,21+/m0/s1. The van der Waals surface area contributed by atoms with Crippen molar-refractivity contribution in [3.05, 3.63) is 78.9 Å². The number of nitro groups is 1. The Labute approximate surface area is 240 Å². The predicted octanol–water partition coefficient (Wildman–Crippen LogP) is 8.92. The summed E-state index contributed by atoms with van der Waals surface area (Å²) in [4.78, 5) is 33.9. The molecule has 1 fully saturated rings. The number of fused-ring (bicyclic) bond motifs is 1. The summed E-state index contributed by atoms with van der Waals surface area (Å²) >= 11 is 9.67. The normalized spacial score (nSPS) is 17.7. The molecule has 10 heteroatoms. The van der Waals surface area contributed by atoms with E-state index in [2.05, 4.69) is 0 Å². The Morgan fingerprint density at radius 2 is 1.92 bits per heavy atom. The number of hydrogen-bond acceptors (Lipinski definition) is 7. The molecule has 204 valence electrons. The van der Waals surface area contributed by atoms with Gasteiger partial charge in [0.05, 0.1) is 28.4 Å². The van der Waals surface area contributed by atoms with Gasteiger partial charge in [0.2, 0.25) is 6.04 Å². The molecule has 5 rings (SSSR count). The molecule has 0 unspecified atom stereocenters. The van der Waals surface area contributed by atoms with Gasteiger partial charge in [0.1, 0.15) is 10.8 Å². The Kier molecular flexibility index (Phi) is 7.94. The van der Waals surface area contributed by atoms with Crippen LogP contribution in [0.2, 0.25) is 5.15 Å². The summed E-state index contributed by atoms with van der Waals surface area (Å²) in [5, 5.41) is 14.3. The van der Waals surface area contributed by atoms with Crippen LogP contribution < -0.4 is 4.90 Å². The van der Waals surface area contributed by atoms with Gasteiger partial charge in [0.25, 0.3) is 0 Å². The van der Waals surface area contributed by atoms with Crippen LogP contribution in [0.25, 0.3) is 21.3 Å². The lowest BCUT2D eigenvalue weighted by molar-refractivity contribution is -0.529. The molecule has 0 bridgehead atoms. The topological polar surface area (TPSA) is 85.6 Å². The average molecular weight is 584 g/mol. The number of aromatic nitrogens is 1. The Bertz CT molecular complexity index is 1480. The first-order valence-corrected chi connectivity index (χ1v) is 15.0. The highest BCUT2D eigenvalue weighted by Crippen LogP contribution is 2.50. The van der Waals surface area contributed by atoms with Crippen LogP contribution in [0.5, 0.6) is 0 Å². The number of nitrogens with zero attached hydrogens (tertiary/aromatic N) is 3. The second kappa shape index (κ2) is 11.2. The maximum absolute atomic E-state index is 13.6. The Morgan fingerprint density at radius 3 is 2.59 bits per heavy atom. The molecular weight excluding hydrogens is 554 g/mol. The van der Waals surface area contributed by atoms with E-state index in [-0.39, 0.29) is 16.0 Å². The van der Waals surface area contributed by atoms with Crippen molar-refractivity contribution >= 4 is 56.3 Å². The minimum absolute atomic E-state index is 0.131. The molecule has 1 aliphatic rings. The summed E-state index contributed by atoms with van der Waals surface area (Å²) < 4.78 is 6.59. The van der Waals surface area contributed by atoms with Gasteiger partial charge in [-0.2, -0.15) is 0 Å². The Morgan fingerprint density at radius 1 is 1.18 bits per heavy atom.